The summed E-state index contributed by atoms with van der Waals surface area (Å²) in [6.45, 7) is 18.0. The summed E-state index contributed by atoms with van der Waals surface area (Å²) in [7, 11) is 0. The van der Waals surface area contributed by atoms with Gasteiger partial charge in [0.25, 0.3) is 0 Å². The van der Waals surface area contributed by atoms with E-state index in [1.165, 1.54) is 17.2 Å². The normalized spacial score (nSPS) is 24.2. The minimum absolute atomic E-state index is 0.00643. The summed E-state index contributed by atoms with van der Waals surface area (Å²) in [5.41, 5.74) is 4.31. The second-order valence-electron chi connectivity index (χ2n) is 13.0. The number of carboxylic acids is 1. The predicted molar refractivity (Wildman–Crippen MR) is 157 cm³/mol. The van der Waals surface area contributed by atoms with E-state index in [4.69, 9.17) is 6.57 Å². The average Bonchev–Trinajstić information content (AvgIpc) is 3.58. The van der Waals surface area contributed by atoms with Crippen LogP contribution in [0.1, 0.15) is 62.3 Å². The van der Waals surface area contributed by atoms with Gasteiger partial charge in [-0.15, -0.1) is 0 Å². The molecule has 8 heteroatoms. The number of halogens is 1. The zero-order valence-electron chi connectivity index (χ0n) is 24.6. The van der Waals surface area contributed by atoms with Crippen molar-refractivity contribution in [2.24, 2.45) is 5.92 Å². The second-order valence-corrected chi connectivity index (χ2v) is 13.0. The zero-order chi connectivity index (χ0) is 29.5. The molecule has 1 amide bonds. The highest BCUT2D eigenvalue weighted by atomic mass is 19.1. The molecule has 3 aliphatic rings. The van der Waals surface area contributed by atoms with E-state index in [2.05, 4.69) is 48.7 Å². The van der Waals surface area contributed by atoms with Crippen molar-refractivity contribution in [2.75, 3.05) is 32.7 Å². The maximum absolute atomic E-state index is 15.2. The van der Waals surface area contributed by atoms with Gasteiger partial charge in [-0.05, 0) is 81.7 Å². The van der Waals surface area contributed by atoms with Crippen molar-refractivity contribution in [2.45, 2.75) is 76.9 Å². The monoisotopic (exact) mass is 560 g/mol. The topological polar surface area (TPSA) is 68.5 Å². The van der Waals surface area contributed by atoms with Crippen LogP contribution in [0.4, 0.5) is 10.1 Å². The smallest absolute Gasteiger partial charge is 0.321 e. The molecule has 0 aromatic heterocycles. The Labute approximate surface area is 242 Å². The Bertz CT molecular complexity index is 1360. The van der Waals surface area contributed by atoms with Crippen LogP contribution in [0.5, 0.6) is 0 Å². The molecule has 0 saturated carbocycles. The molecule has 7 nitrogen and oxygen atoms in total. The minimum Gasteiger partial charge on any atom is -0.480 e. The lowest BCUT2D eigenvalue weighted by atomic mass is 9.87. The van der Waals surface area contributed by atoms with Gasteiger partial charge in [0.05, 0.1) is 12.5 Å². The number of likely N-dealkylation sites (tertiary alicyclic amines) is 1. The number of carbonyl (C=O) groups is 2. The molecule has 1 aliphatic carbocycles. The van der Waals surface area contributed by atoms with Crippen molar-refractivity contribution in [3.8, 4) is 0 Å². The Morgan fingerprint density at radius 1 is 1.07 bits per heavy atom. The van der Waals surface area contributed by atoms with Gasteiger partial charge in [-0.3, -0.25) is 19.4 Å². The number of amides is 1. The SMILES string of the molecule is [C-]#[N+]c1ccc(C2CN(C(C)(C)C)CC2C(=O)N2CCN([C@@H](Cc3ccc4c(c3)CCC4)C(=O)O)C[C@@H]2C)c(F)c1. The highest BCUT2D eigenvalue weighted by molar-refractivity contribution is 5.81. The first-order chi connectivity index (χ1) is 19.5. The highest BCUT2D eigenvalue weighted by Crippen LogP contribution is 2.39. The van der Waals surface area contributed by atoms with Crippen molar-refractivity contribution in [1.82, 2.24) is 14.7 Å². The van der Waals surface area contributed by atoms with Crippen LogP contribution in [0.3, 0.4) is 0 Å². The molecular formula is C33H41FN4O3. The van der Waals surface area contributed by atoms with Gasteiger partial charge in [-0.1, -0.05) is 30.3 Å². The van der Waals surface area contributed by atoms with Crippen LogP contribution in [0.25, 0.3) is 4.85 Å². The standard InChI is InChI=1S/C33H41FN4O3/c1-21-18-36(30(32(40)41)16-22-9-10-23-7-6-8-24(23)15-22)13-14-38(21)31(39)28-20-37(33(2,3)4)19-27(28)26-12-11-25(35-5)17-29(26)34/h9-12,15,17,21,27-28,30H,6-8,13-14,16,18-20H2,1-4H3,(H,40,41)/t21-,27?,28?,30-/m0/s1. The number of hydrogen-bond donors (Lipinski definition) is 1. The lowest BCUT2D eigenvalue weighted by Gasteiger charge is -2.43. The maximum atomic E-state index is 15.2. The Morgan fingerprint density at radius 3 is 2.49 bits per heavy atom. The largest absolute Gasteiger partial charge is 0.480 e. The molecule has 2 saturated heterocycles. The summed E-state index contributed by atoms with van der Waals surface area (Å²) in [5, 5.41) is 10.2. The van der Waals surface area contributed by atoms with Crippen LogP contribution in [0, 0.1) is 18.3 Å². The van der Waals surface area contributed by atoms with E-state index in [1.54, 1.807) is 12.1 Å². The summed E-state index contributed by atoms with van der Waals surface area (Å²) in [6.07, 6.45) is 3.75. The lowest BCUT2D eigenvalue weighted by Crippen LogP contribution is -2.59. The zero-order valence-corrected chi connectivity index (χ0v) is 24.6. The summed E-state index contributed by atoms with van der Waals surface area (Å²) < 4.78 is 15.2. The number of aryl methyl sites for hydroxylation is 2. The number of rotatable bonds is 6. The van der Waals surface area contributed by atoms with E-state index < -0.39 is 23.7 Å². The summed E-state index contributed by atoms with van der Waals surface area (Å²) >= 11 is 0. The van der Waals surface area contributed by atoms with E-state index in [0.29, 0.717) is 44.7 Å². The third-order valence-corrected chi connectivity index (χ3v) is 9.36. The van der Waals surface area contributed by atoms with Crippen LogP contribution < -0.4 is 0 Å². The van der Waals surface area contributed by atoms with Gasteiger partial charge in [-0.2, -0.15) is 0 Å². The molecule has 218 valence electrons. The molecule has 2 aliphatic heterocycles. The minimum atomic E-state index is -0.840. The molecule has 0 radical (unpaired) electrons. The molecule has 2 heterocycles. The van der Waals surface area contributed by atoms with Crippen LogP contribution >= 0.6 is 0 Å². The second kappa shape index (κ2) is 11.5. The first-order valence-corrected chi connectivity index (χ1v) is 14.8. The maximum Gasteiger partial charge on any atom is 0.321 e. The molecule has 1 N–H and O–H groups in total. The Morgan fingerprint density at radius 2 is 1.83 bits per heavy atom. The lowest BCUT2D eigenvalue weighted by molar-refractivity contribution is -0.147. The van der Waals surface area contributed by atoms with Gasteiger partial charge in [-0.25, -0.2) is 9.24 Å². The number of benzene rings is 2. The number of hydrogen-bond acceptors (Lipinski definition) is 4. The van der Waals surface area contributed by atoms with Gasteiger partial charge >= 0.3 is 5.97 Å². The molecule has 41 heavy (non-hydrogen) atoms. The van der Waals surface area contributed by atoms with Crippen molar-refractivity contribution in [3.05, 3.63) is 75.9 Å². The highest BCUT2D eigenvalue weighted by Gasteiger charge is 2.46. The van der Waals surface area contributed by atoms with Gasteiger partial charge < -0.3 is 10.0 Å². The fraction of sp³-hybridized carbons (Fsp3) is 0.545. The number of aliphatic carboxylic acids is 1. The van der Waals surface area contributed by atoms with Crippen LogP contribution in [0.15, 0.2) is 36.4 Å². The van der Waals surface area contributed by atoms with E-state index >= 15 is 4.39 Å². The van der Waals surface area contributed by atoms with Crippen molar-refractivity contribution in [3.63, 3.8) is 0 Å². The van der Waals surface area contributed by atoms with Crippen LogP contribution in [-0.4, -0.2) is 82.0 Å². The van der Waals surface area contributed by atoms with Gasteiger partial charge in [0.1, 0.15) is 11.9 Å². The van der Waals surface area contributed by atoms with Gasteiger partial charge in [0.2, 0.25) is 5.91 Å². The quantitative estimate of drug-likeness (QED) is 0.509. The first-order valence-electron chi connectivity index (χ1n) is 14.8. The predicted octanol–water partition coefficient (Wildman–Crippen LogP) is 4.91. The molecule has 4 atom stereocenters. The van der Waals surface area contributed by atoms with Crippen molar-refractivity contribution >= 4 is 17.6 Å². The Kier molecular flexibility index (Phi) is 8.22. The van der Waals surface area contributed by atoms with Crippen LogP contribution in [-0.2, 0) is 28.9 Å². The van der Waals surface area contributed by atoms with E-state index in [9.17, 15) is 14.7 Å². The van der Waals surface area contributed by atoms with Crippen molar-refractivity contribution in [1.29, 1.82) is 0 Å². The molecule has 5 rings (SSSR count). The third-order valence-electron chi connectivity index (χ3n) is 9.36. The van der Waals surface area contributed by atoms with Crippen LogP contribution in [0.2, 0.25) is 0 Å². The number of carbonyl (C=O) groups excluding carboxylic acids is 1. The van der Waals surface area contributed by atoms with Crippen molar-refractivity contribution < 1.29 is 19.1 Å². The van der Waals surface area contributed by atoms with Gasteiger partial charge in [0.15, 0.2) is 5.69 Å². The molecule has 0 spiro atoms. The average molecular weight is 561 g/mol. The molecule has 2 unspecified atom stereocenters. The Hall–Kier alpha value is -3.28. The molecule has 2 aromatic carbocycles. The van der Waals surface area contributed by atoms with E-state index in [-0.39, 0.29) is 29.1 Å². The molecule has 2 aromatic rings. The van der Waals surface area contributed by atoms with Gasteiger partial charge in [0, 0.05) is 50.2 Å². The number of fused-ring (bicyclic) bond motifs is 1. The number of nitrogens with zero attached hydrogens (tertiary/aromatic N) is 4. The summed E-state index contributed by atoms with van der Waals surface area (Å²) in [5.74, 6) is -2.03. The fourth-order valence-electron chi connectivity index (χ4n) is 6.96. The number of carboxylic acid groups (broad SMARTS) is 1. The summed E-state index contributed by atoms with van der Waals surface area (Å²) in [4.78, 5) is 36.0. The molecule has 2 fully saturated rings. The first kappa shape index (κ1) is 29.2. The molecular weight excluding hydrogens is 519 g/mol. The summed E-state index contributed by atoms with van der Waals surface area (Å²) in [6, 6.07) is 10.1. The fourth-order valence-corrected chi connectivity index (χ4v) is 6.96. The molecule has 0 bridgehead atoms. The Balaban J connectivity index is 1.32. The van der Waals surface area contributed by atoms with E-state index in [0.717, 1.165) is 24.8 Å². The third kappa shape index (κ3) is 6.02. The number of piperazine rings is 1. The van der Waals surface area contributed by atoms with E-state index in [1.807, 2.05) is 16.7 Å².